The summed E-state index contributed by atoms with van der Waals surface area (Å²) in [6, 6.07) is 7.75. The van der Waals surface area contributed by atoms with Crippen molar-refractivity contribution in [1.82, 2.24) is 29.3 Å². The Morgan fingerprint density at radius 2 is 2.04 bits per heavy atom. The summed E-state index contributed by atoms with van der Waals surface area (Å²) < 4.78 is 9.87. The van der Waals surface area contributed by atoms with Crippen molar-refractivity contribution in [3.05, 3.63) is 54.3 Å². The van der Waals surface area contributed by atoms with E-state index < -0.39 is 0 Å². The van der Waals surface area contributed by atoms with Crippen LogP contribution in [-0.2, 0) is 4.74 Å². The van der Waals surface area contributed by atoms with E-state index in [0.717, 1.165) is 48.2 Å². The highest BCUT2D eigenvalue weighted by atomic mass is 35.5. The Hall–Kier alpha value is -2.77. The van der Waals surface area contributed by atoms with Gasteiger partial charge in [-0.05, 0) is 55.1 Å². The molecule has 0 radical (unpaired) electrons. The number of nitrogens with zero attached hydrogens (tertiary/aromatic N) is 6. The maximum absolute atomic E-state index is 6.00. The molecule has 1 aliphatic heterocycles. The Balaban J connectivity index is 1.68. The smallest absolute Gasteiger partial charge is 0.224 e. The normalized spacial score (nSPS) is 17.4. The number of pyridine rings is 1. The van der Waals surface area contributed by atoms with E-state index in [1.54, 1.807) is 18.6 Å². The van der Waals surface area contributed by atoms with E-state index in [9.17, 15) is 0 Å². The molecular formula is C19H17ClN6O. The number of aromatic nitrogens is 6. The molecule has 0 amide bonds. The molecule has 0 aromatic carbocycles. The third kappa shape index (κ3) is 2.89. The number of hydrogen-bond donors (Lipinski definition) is 0. The molecule has 5 heterocycles. The minimum atomic E-state index is -0.0423. The Morgan fingerprint density at radius 1 is 1.07 bits per heavy atom. The molecular weight excluding hydrogens is 364 g/mol. The van der Waals surface area contributed by atoms with Crippen LogP contribution in [0.1, 0.15) is 25.5 Å². The van der Waals surface area contributed by atoms with Crippen molar-refractivity contribution in [2.24, 2.45) is 0 Å². The minimum absolute atomic E-state index is 0.0423. The third-order valence-electron chi connectivity index (χ3n) is 4.79. The summed E-state index contributed by atoms with van der Waals surface area (Å²) in [6.07, 6.45) is 10.4. The highest BCUT2D eigenvalue weighted by Gasteiger charge is 2.22. The van der Waals surface area contributed by atoms with Crippen molar-refractivity contribution in [2.45, 2.75) is 25.5 Å². The molecule has 1 aliphatic rings. The summed E-state index contributed by atoms with van der Waals surface area (Å²) in [4.78, 5) is 12.9. The second-order valence-electron chi connectivity index (χ2n) is 6.45. The molecule has 27 heavy (non-hydrogen) atoms. The van der Waals surface area contributed by atoms with Gasteiger partial charge in [0.15, 0.2) is 6.23 Å². The second kappa shape index (κ2) is 6.75. The van der Waals surface area contributed by atoms with E-state index in [1.807, 2.05) is 39.7 Å². The lowest BCUT2D eigenvalue weighted by Gasteiger charge is -2.24. The van der Waals surface area contributed by atoms with E-state index in [-0.39, 0.29) is 11.5 Å². The fourth-order valence-electron chi connectivity index (χ4n) is 3.57. The van der Waals surface area contributed by atoms with Gasteiger partial charge in [-0.3, -0.25) is 9.55 Å². The lowest BCUT2D eigenvalue weighted by molar-refractivity contribution is -0.0383. The molecule has 1 fully saturated rings. The minimum Gasteiger partial charge on any atom is -0.356 e. The number of halogens is 1. The van der Waals surface area contributed by atoms with Gasteiger partial charge in [-0.15, -0.1) is 0 Å². The van der Waals surface area contributed by atoms with Crippen LogP contribution < -0.4 is 0 Å². The van der Waals surface area contributed by atoms with Gasteiger partial charge in [0.1, 0.15) is 5.82 Å². The second-order valence-corrected chi connectivity index (χ2v) is 6.79. The van der Waals surface area contributed by atoms with E-state index >= 15 is 0 Å². The first-order valence-corrected chi connectivity index (χ1v) is 9.29. The zero-order valence-corrected chi connectivity index (χ0v) is 15.3. The highest BCUT2D eigenvalue weighted by molar-refractivity contribution is 6.28. The van der Waals surface area contributed by atoms with Crippen LogP contribution in [0.4, 0.5) is 0 Å². The first kappa shape index (κ1) is 16.4. The van der Waals surface area contributed by atoms with Crippen molar-refractivity contribution >= 4 is 22.6 Å². The molecule has 0 saturated carbocycles. The van der Waals surface area contributed by atoms with Gasteiger partial charge in [-0.25, -0.2) is 9.67 Å². The van der Waals surface area contributed by atoms with Crippen molar-refractivity contribution in [2.75, 3.05) is 6.61 Å². The first-order chi connectivity index (χ1) is 13.3. The molecule has 0 spiro atoms. The Labute approximate surface area is 160 Å². The first-order valence-electron chi connectivity index (χ1n) is 8.92. The van der Waals surface area contributed by atoms with Gasteiger partial charge in [0, 0.05) is 37.0 Å². The quantitative estimate of drug-likeness (QED) is 0.502. The fourth-order valence-corrected chi connectivity index (χ4v) is 3.71. The molecule has 136 valence electrons. The van der Waals surface area contributed by atoms with Crippen LogP contribution >= 0.6 is 11.6 Å². The molecule has 5 rings (SSSR count). The van der Waals surface area contributed by atoms with Crippen LogP contribution in [0, 0.1) is 0 Å². The van der Waals surface area contributed by atoms with E-state index in [1.165, 1.54) is 0 Å². The number of rotatable bonds is 3. The maximum Gasteiger partial charge on any atom is 0.224 e. The van der Waals surface area contributed by atoms with Crippen LogP contribution in [0.3, 0.4) is 0 Å². The summed E-state index contributed by atoms with van der Waals surface area (Å²) in [5.74, 6) is 0.694. The summed E-state index contributed by atoms with van der Waals surface area (Å²) in [6.45, 7) is 0.767. The van der Waals surface area contributed by atoms with Gasteiger partial charge in [0.05, 0.1) is 16.7 Å². The van der Waals surface area contributed by atoms with Crippen LogP contribution in [-0.4, -0.2) is 35.9 Å². The topological polar surface area (TPSA) is 70.7 Å². The Kier molecular flexibility index (Phi) is 4.10. The summed E-state index contributed by atoms with van der Waals surface area (Å²) in [5, 5.41) is 4.74. The molecule has 1 atom stereocenters. The standard InChI is InChI=1S/C19H17ClN6O/c20-19-22-9-7-16(24-19)25-12-13(18-15(25)4-3-8-21-18)14-6-10-23-26(14)17-5-1-2-11-27-17/h3-4,6-10,12,17H,1-2,5,11H2. The predicted octanol–water partition coefficient (Wildman–Crippen LogP) is 4.03. The maximum atomic E-state index is 6.00. The van der Waals surface area contributed by atoms with Gasteiger partial charge in [0.25, 0.3) is 0 Å². The van der Waals surface area contributed by atoms with Crippen LogP contribution in [0.2, 0.25) is 5.28 Å². The van der Waals surface area contributed by atoms with E-state index in [0.29, 0.717) is 5.82 Å². The molecule has 8 heteroatoms. The predicted molar refractivity (Wildman–Crippen MR) is 102 cm³/mol. The van der Waals surface area contributed by atoms with Crippen molar-refractivity contribution in [3.8, 4) is 17.1 Å². The molecule has 0 N–H and O–H groups in total. The van der Waals surface area contributed by atoms with Crippen molar-refractivity contribution < 1.29 is 4.74 Å². The van der Waals surface area contributed by atoms with Crippen molar-refractivity contribution in [1.29, 1.82) is 0 Å². The average Bonchev–Trinajstić information content (AvgIpc) is 3.33. The molecule has 4 aromatic rings. The van der Waals surface area contributed by atoms with Gasteiger partial charge >= 0.3 is 0 Å². The zero-order chi connectivity index (χ0) is 18.2. The van der Waals surface area contributed by atoms with E-state index in [2.05, 4.69) is 20.1 Å². The molecule has 4 aromatic heterocycles. The molecule has 1 saturated heterocycles. The SMILES string of the molecule is Clc1nccc(-n2cc(-c3ccnn3C3CCCCO3)c3ncccc32)n1. The van der Waals surface area contributed by atoms with Gasteiger partial charge < -0.3 is 4.74 Å². The molecule has 0 bridgehead atoms. The van der Waals surface area contributed by atoms with E-state index in [4.69, 9.17) is 16.3 Å². The molecule has 7 nitrogen and oxygen atoms in total. The Morgan fingerprint density at radius 3 is 2.89 bits per heavy atom. The lowest BCUT2D eigenvalue weighted by Crippen LogP contribution is -2.19. The van der Waals surface area contributed by atoms with Crippen LogP contribution in [0.25, 0.3) is 28.1 Å². The third-order valence-corrected chi connectivity index (χ3v) is 4.97. The molecule has 0 aliphatic carbocycles. The number of fused-ring (bicyclic) bond motifs is 1. The molecule has 1 unspecified atom stereocenters. The zero-order valence-electron chi connectivity index (χ0n) is 14.5. The summed E-state index contributed by atoms with van der Waals surface area (Å²) in [5.41, 5.74) is 3.78. The summed E-state index contributed by atoms with van der Waals surface area (Å²) in [7, 11) is 0. The van der Waals surface area contributed by atoms with Crippen LogP contribution in [0.15, 0.2) is 49.1 Å². The fraction of sp³-hybridized carbons (Fsp3) is 0.263. The van der Waals surface area contributed by atoms with Gasteiger partial charge in [0.2, 0.25) is 5.28 Å². The number of ether oxygens (including phenoxy) is 1. The average molecular weight is 381 g/mol. The number of hydrogen-bond acceptors (Lipinski definition) is 5. The Bertz CT molecular complexity index is 1100. The monoisotopic (exact) mass is 380 g/mol. The highest BCUT2D eigenvalue weighted by Crippen LogP contribution is 2.34. The van der Waals surface area contributed by atoms with Gasteiger partial charge in [-0.1, -0.05) is 0 Å². The largest absolute Gasteiger partial charge is 0.356 e. The van der Waals surface area contributed by atoms with Crippen LogP contribution in [0.5, 0.6) is 0 Å². The lowest BCUT2D eigenvalue weighted by atomic mass is 10.1. The van der Waals surface area contributed by atoms with Crippen molar-refractivity contribution in [3.63, 3.8) is 0 Å². The van der Waals surface area contributed by atoms with Gasteiger partial charge in [-0.2, -0.15) is 10.1 Å². The summed E-state index contributed by atoms with van der Waals surface area (Å²) >= 11 is 6.00.